The number of hydrogen-bond acceptors (Lipinski definition) is 3. The zero-order valence-corrected chi connectivity index (χ0v) is 12.6. The Morgan fingerprint density at radius 3 is 2.48 bits per heavy atom. The smallest absolute Gasteiger partial charge is 0.406 e. The number of rotatable bonds is 2. The highest BCUT2D eigenvalue weighted by atomic mass is 19.4. The Kier molecular flexibility index (Phi) is 4.23. The minimum atomic E-state index is -4.73. The van der Waals surface area contributed by atoms with Gasteiger partial charge in [-0.05, 0) is 48.9 Å². The van der Waals surface area contributed by atoms with E-state index in [-0.39, 0.29) is 17.7 Å². The number of carbonyl (C=O) groups is 1. The van der Waals surface area contributed by atoms with E-state index in [0.29, 0.717) is 30.5 Å². The molecule has 1 heterocycles. The van der Waals surface area contributed by atoms with Gasteiger partial charge in [-0.15, -0.1) is 13.2 Å². The third-order valence-electron chi connectivity index (χ3n) is 4.78. The van der Waals surface area contributed by atoms with Crippen LogP contribution in [0.3, 0.4) is 0 Å². The van der Waals surface area contributed by atoms with Crippen molar-refractivity contribution in [3.63, 3.8) is 0 Å². The first-order valence-electron chi connectivity index (χ1n) is 7.74. The van der Waals surface area contributed by atoms with Crippen molar-refractivity contribution in [3.05, 3.63) is 29.8 Å². The number of amides is 1. The molecule has 1 aliphatic heterocycles. The van der Waals surface area contributed by atoms with Crippen LogP contribution in [0.4, 0.5) is 13.2 Å². The molecular formula is C16H19F3N2O2. The summed E-state index contributed by atoms with van der Waals surface area (Å²) in [5, 5.41) is 0. The van der Waals surface area contributed by atoms with Crippen LogP contribution in [0.25, 0.3) is 0 Å². The second-order valence-corrected chi connectivity index (χ2v) is 6.30. The lowest BCUT2D eigenvalue weighted by molar-refractivity contribution is -0.274. The molecule has 0 radical (unpaired) electrons. The van der Waals surface area contributed by atoms with Gasteiger partial charge in [0.15, 0.2) is 0 Å². The van der Waals surface area contributed by atoms with E-state index in [1.54, 1.807) is 4.90 Å². The van der Waals surface area contributed by atoms with Crippen molar-refractivity contribution >= 4 is 5.91 Å². The van der Waals surface area contributed by atoms with E-state index in [1.165, 1.54) is 12.1 Å². The van der Waals surface area contributed by atoms with E-state index in [1.807, 2.05) is 0 Å². The summed E-state index contributed by atoms with van der Waals surface area (Å²) in [5.74, 6) is 0.285. The highest BCUT2D eigenvalue weighted by Gasteiger charge is 2.40. The average molecular weight is 328 g/mol. The maximum Gasteiger partial charge on any atom is 0.573 e. The molecule has 1 aromatic rings. The van der Waals surface area contributed by atoms with Gasteiger partial charge >= 0.3 is 6.36 Å². The lowest BCUT2D eigenvalue weighted by Crippen LogP contribution is -2.38. The number of nitrogens with two attached hydrogens (primary N) is 1. The molecule has 3 rings (SSSR count). The first-order valence-corrected chi connectivity index (χ1v) is 7.74. The molecule has 126 valence electrons. The number of alkyl halides is 3. The molecule has 2 aliphatic rings. The van der Waals surface area contributed by atoms with Crippen molar-refractivity contribution in [2.24, 2.45) is 17.6 Å². The van der Waals surface area contributed by atoms with E-state index in [9.17, 15) is 18.0 Å². The molecular weight excluding hydrogens is 309 g/mol. The number of benzene rings is 1. The largest absolute Gasteiger partial charge is 0.573 e. The zero-order valence-electron chi connectivity index (χ0n) is 12.6. The monoisotopic (exact) mass is 328 g/mol. The van der Waals surface area contributed by atoms with E-state index < -0.39 is 6.36 Å². The maximum atomic E-state index is 12.5. The predicted molar refractivity (Wildman–Crippen MR) is 77.8 cm³/mol. The Bertz CT molecular complexity index is 574. The van der Waals surface area contributed by atoms with Gasteiger partial charge in [0.25, 0.3) is 5.91 Å². The van der Waals surface area contributed by atoms with E-state index in [4.69, 9.17) is 5.73 Å². The molecule has 7 heteroatoms. The summed E-state index contributed by atoms with van der Waals surface area (Å²) in [7, 11) is 0. The summed E-state index contributed by atoms with van der Waals surface area (Å²) in [6.45, 7) is 1.31. The van der Waals surface area contributed by atoms with Gasteiger partial charge in [0, 0.05) is 24.7 Å². The first-order chi connectivity index (χ1) is 10.8. The van der Waals surface area contributed by atoms with Crippen LogP contribution >= 0.6 is 0 Å². The van der Waals surface area contributed by atoms with Crippen molar-refractivity contribution in [2.45, 2.75) is 31.7 Å². The van der Waals surface area contributed by atoms with Crippen LogP contribution in [0, 0.1) is 11.8 Å². The highest BCUT2D eigenvalue weighted by Crippen LogP contribution is 2.36. The molecule has 3 unspecified atom stereocenters. The summed E-state index contributed by atoms with van der Waals surface area (Å²) >= 11 is 0. The van der Waals surface area contributed by atoms with Gasteiger partial charge in [-0.3, -0.25) is 4.79 Å². The van der Waals surface area contributed by atoms with Crippen LogP contribution in [0.1, 0.15) is 29.6 Å². The van der Waals surface area contributed by atoms with Crippen molar-refractivity contribution in [2.75, 3.05) is 13.1 Å². The average Bonchev–Trinajstić information content (AvgIpc) is 2.91. The van der Waals surface area contributed by atoms with E-state index in [0.717, 1.165) is 31.4 Å². The minimum Gasteiger partial charge on any atom is -0.406 e. The molecule has 3 atom stereocenters. The summed E-state index contributed by atoms with van der Waals surface area (Å²) in [5.41, 5.74) is 6.51. The summed E-state index contributed by atoms with van der Waals surface area (Å²) in [6, 6.07) is 5.19. The van der Waals surface area contributed by atoms with Gasteiger partial charge in [-0.1, -0.05) is 6.42 Å². The summed E-state index contributed by atoms with van der Waals surface area (Å²) < 4.78 is 40.2. The van der Waals surface area contributed by atoms with Crippen LogP contribution in [-0.4, -0.2) is 36.3 Å². The Balaban J connectivity index is 1.67. The van der Waals surface area contributed by atoms with E-state index in [2.05, 4.69) is 4.74 Å². The van der Waals surface area contributed by atoms with Crippen molar-refractivity contribution in [1.29, 1.82) is 0 Å². The molecule has 0 aromatic heterocycles. The topological polar surface area (TPSA) is 55.6 Å². The fourth-order valence-electron chi connectivity index (χ4n) is 3.66. The van der Waals surface area contributed by atoms with Crippen LogP contribution in [0.15, 0.2) is 24.3 Å². The molecule has 4 nitrogen and oxygen atoms in total. The Morgan fingerprint density at radius 1 is 1.17 bits per heavy atom. The van der Waals surface area contributed by atoms with Crippen LogP contribution < -0.4 is 10.5 Å². The van der Waals surface area contributed by atoms with Gasteiger partial charge in [-0.2, -0.15) is 0 Å². The molecule has 1 saturated carbocycles. The molecule has 0 bridgehead atoms. The maximum absolute atomic E-state index is 12.5. The van der Waals surface area contributed by atoms with Gasteiger partial charge in [-0.25, -0.2) is 0 Å². The molecule has 2 fully saturated rings. The third-order valence-corrected chi connectivity index (χ3v) is 4.78. The van der Waals surface area contributed by atoms with Gasteiger partial charge < -0.3 is 15.4 Å². The Hall–Kier alpha value is -1.76. The second kappa shape index (κ2) is 6.03. The van der Waals surface area contributed by atoms with Gasteiger partial charge in [0.2, 0.25) is 0 Å². The molecule has 1 aliphatic carbocycles. The van der Waals surface area contributed by atoms with Gasteiger partial charge in [0.05, 0.1) is 0 Å². The molecule has 2 N–H and O–H groups in total. The lowest BCUT2D eigenvalue weighted by atomic mass is 9.78. The third kappa shape index (κ3) is 3.60. The van der Waals surface area contributed by atoms with Crippen molar-refractivity contribution in [1.82, 2.24) is 4.90 Å². The summed E-state index contributed by atoms with van der Waals surface area (Å²) in [4.78, 5) is 14.3. The highest BCUT2D eigenvalue weighted by molar-refractivity contribution is 5.94. The van der Waals surface area contributed by atoms with Crippen LogP contribution in [0.5, 0.6) is 5.75 Å². The number of nitrogens with zero attached hydrogens (tertiary/aromatic N) is 1. The Morgan fingerprint density at radius 2 is 1.87 bits per heavy atom. The van der Waals surface area contributed by atoms with Crippen LogP contribution in [-0.2, 0) is 0 Å². The minimum absolute atomic E-state index is 0.133. The fourth-order valence-corrected chi connectivity index (χ4v) is 3.66. The van der Waals surface area contributed by atoms with Crippen LogP contribution in [0.2, 0.25) is 0 Å². The molecule has 0 spiro atoms. The number of halogens is 3. The van der Waals surface area contributed by atoms with Crippen molar-refractivity contribution in [3.8, 4) is 5.75 Å². The molecule has 1 aromatic carbocycles. The second-order valence-electron chi connectivity index (χ2n) is 6.30. The van der Waals surface area contributed by atoms with Gasteiger partial charge in [0.1, 0.15) is 5.75 Å². The van der Waals surface area contributed by atoms with E-state index >= 15 is 0 Å². The number of likely N-dealkylation sites (tertiary alicyclic amines) is 1. The first kappa shape index (κ1) is 16.1. The zero-order chi connectivity index (χ0) is 16.6. The predicted octanol–water partition coefficient (Wildman–Crippen LogP) is 2.78. The number of hydrogen-bond donors (Lipinski definition) is 1. The number of ether oxygens (including phenoxy) is 1. The number of carbonyl (C=O) groups excluding carboxylic acids is 1. The molecule has 1 saturated heterocycles. The Labute approximate surface area is 132 Å². The summed E-state index contributed by atoms with van der Waals surface area (Å²) in [6.07, 6.45) is -1.56. The molecule has 23 heavy (non-hydrogen) atoms. The number of fused-ring (bicyclic) bond motifs is 1. The SMILES string of the molecule is NC1CCCC2CN(C(=O)c3ccc(OC(F)(F)F)cc3)CC12. The lowest BCUT2D eigenvalue weighted by Gasteiger charge is -2.29. The normalized spacial score (nSPS) is 27.7. The molecule has 1 amide bonds. The quantitative estimate of drug-likeness (QED) is 0.908. The fraction of sp³-hybridized carbons (Fsp3) is 0.562. The van der Waals surface area contributed by atoms with Crippen molar-refractivity contribution < 1.29 is 22.7 Å². The standard InChI is InChI=1S/C16H19F3N2O2/c17-16(18,19)23-12-6-4-10(5-7-12)15(22)21-8-11-2-1-3-14(20)13(11)9-21/h4-7,11,13-14H,1-3,8-9,20H2.